The number of aryl methyl sites for hydroxylation is 1. The third kappa shape index (κ3) is 7.28. The van der Waals surface area contributed by atoms with Gasteiger partial charge < -0.3 is 21.3 Å². The van der Waals surface area contributed by atoms with E-state index in [2.05, 4.69) is 25.8 Å². The zero-order valence-corrected chi connectivity index (χ0v) is 26.3. The van der Waals surface area contributed by atoms with Gasteiger partial charge in [-0.15, -0.1) is 11.8 Å². The lowest BCUT2D eigenvalue weighted by Gasteiger charge is -2.24. The summed E-state index contributed by atoms with van der Waals surface area (Å²) in [6.45, 7) is 7.57. The standard InChI is InChI=1S/C30H40F2N8OS/c1-9-16(2)25(21(15-33)27(34-5)30(41)35-6)26(19-10-11-19)29(37-24-12-17(3)38-39-24)36-18(4)40(7)28-22(31)13-20(42-8)14-23(28)32/h12-15,19H,9-11,33H2,1-8H3,(H,35,41)(H2,37,38,39)/b21-15-,25-16+,29-26+,34-27?,36-18+. The molecule has 0 bridgehead atoms. The highest BCUT2D eigenvalue weighted by Gasteiger charge is 2.35. The van der Waals surface area contributed by atoms with Gasteiger partial charge in [0, 0.05) is 55.1 Å². The Kier molecular flexibility index (Phi) is 11.1. The van der Waals surface area contributed by atoms with Gasteiger partial charge >= 0.3 is 0 Å². The zero-order chi connectivity index (χ0) is 31.1. The lowest BCUT2D eigenvalue weighted by Crippen LogP contribution is -2.31. The number of thioether (sulfide) groups is 1. The van der Waals surface area contributed by atoms with Crippen LogP contribution in [0, 0.1) is 24.5 Å². The fourth-order valence-electron chi connectivity index (χ4n) is 4.55. The van der Waals surface area contributed by atoms with Gasteiger partial charge in [-0.2, -0.15) is 5.10 Å². The monoisotopic (exact) mass is 598 g/mol. The number of amidine groups is 1. The van der Waals surface area contributed by atoms with Crippen LogP contribution in [-0.4, -0.2) is 55.1 Å². The number of nitrogens with one attached hydrogen (secondary N) is 3. The molecule has 3 rings (SSSR count). The molecule has 1 aromatic carbocycles. The number of H-pyrrole nitrogens is 1. The van der Waals surface area contributed by atoms with Crippen LogP contribution in [0.15, 0.2) is 67.4 Å². The van der Waals surface area contributed by atoms with Crippen LogP contribution < -0.4 is 21.3 Å². The van der Waals surface area contributed by atoms with Gasteiger partial charge in [0.05, 0.1) is 0 Å². The van der Waals surface area contributed by atoms with Crippen molar-refractivity contribution in [2.75, 3.05) is 37.6 Å². The topological polar surface area (TPSA) is 124 Å². The van der Waals surface area contributed by atoms with E-state index >= 15 is 8.78 Å². The van der Waals surface area contributed by atoms with Gasteiger partial charge in [0.15, 0.2) is 17.5 Å². The molecular formula is C30H40F2N8OS. The van der Waals surface area contributed by atoms with Crippen molar-refractivity contribution in [2.45, 2.75) is 51.9 Å². The van der Waals surface area contributed by atoms with Crippen molar-refractivity contribution >= 4 is 40.7 Å². The van der Waals surface area contributed by atoms with Crippen LogP contribution >= 0.6 is 11.8 Å². The van der Waals surface area contributed by atoms with Gasteiger partial charge in [-0.3, -0.25) is 14.9 Å². The number of nitrogens with two attached hydrogens (primary N) is 1. The molecule has 1 aromatic heterocycles. The highest BCUT2D eigenvalue weighted by Crippen LogP contribution is 2.45. The number of nitrogens with zero attached hydrogens (tertiary/aromatic N) is 4. The van der Waals surface area contributed by atoms with E-state index < -0.39 is 11.6 Å². The van der Waals surface area contributed by atoms with Gasteiger partial charge in [-0.25, -0.2) is 13.8 Å². The first-order chi connectivity index (χ1) is 20.0. The molecule has 42 heavy (non-hydrogen) atoms. The van der Waals surface area contributed by atoms with E-state index in [1.54, 1.807) is 27.3 Å². The van der Waals surface area contributed by atoms with Crippen LogP contribution in [0.4, 0.5) is 20.3 Å². The number of hydrogen-bond donors (Lipinski definition) is 4. The number of hydrogen-bond acceptors (Lipinski definition) is 7. The summed E-state index contributed by atoms with van der Waals surface area (Å²) < 4.78 is 30.2. The number of aliphatic imine (C=N–C) groups is 2. The van der Waals surface area contributed by atoms with Crippen molar-refractivity contribution in [1.29, 1.82) is 0 Å². The Labute approximate surface area is 250 Å². The van der Waals surface area contributed by atoms with Crippen molar-refractivity contribution in [3.05, 3.63) is 69.8 Å². The van der Waals surface area contributed by atoms with E-state index in [9.17, 15) is 4.79 Å². The van der Waals surface area contributed by atoms with Crippen molar-refractivity contribution < 1.29 is 13.6 Å². The van der Waals surface area contributed by atoms with E-state index in [-0.39, 0.29) is 23.2 Å². The summed E-state index contributed by atoms with van der Waals surface area (Å²) in [5, 5.41) is 13.2. The fraction of sp³-hybridized carbons (Fsp3) is 0.400. The fourth-order valence-corrected chi connectivity index (χ4v) is 4.99. The largest absolute Gasteiger partial charge is 0.404 e. The van der Waals surface area contributed by atoms with Gasteiger partial charge in [-0.05, 0) is 69.9 Å². The quantitative estimate of drug-likeness (QED) is 0.114. The number of benzene rings is 1. The Hall–Kier alpha value is -3.93. The second-order valence-corrected chi connectivity index (χ2v) is 10.9. The van der Waals surface area contributed by atoms with Crippen molar-refractivity contribution in [1.82, 2.24) is 15.5 Å². The molecule has 1 aliphatic carbocycles. The summed E-state index contributed by atoms with van der Waals surface area (Å²) in [7, 11) is 4.65. The molecule has 0 spiro atoms. The van der Waals surface area contributed by atoms with Crippen LogP contribution in [0.25, 0.3) is 0 Å². The first kappa shape index (κ1) is 32.6. The smallest absolute Gasteiger partial charge is 0.269 e. The molecule has 9 nitrogen and oxygen atoms in total. The molecule has 12 heteroatoms. The highest BCUT2D eigenvalue weighted by molar-refractivity contribution is 7.98. The summed E-state index contributed by atoms with van der Waals surface area (Å²) in [6, 6.07) is 4.44. The SMILES string of the molecule is CC/C(C)=C(C(=C\N)\C(=NC)C(=O)NC)/C(=C(\N=C(/C)N(C)c1c(F)cc(SC)cc1F)Nc1cc(C)[nH]n1)C1CC1. The lowest BCUT2D eigenvalue weighted by molar-refractivity contribution is -0.114. The van der Waals surface area contributed by atoms with Gasteiger partial charge in [0.1, 0.15) is 23.1 Å². The number of amides is 1. The van der Waals surface area contributed by atoms with E-state index in [0.717, 1.165) is 35.3 Å². The number of rotatable bonds is 11. The molecule has 0 saturated heterocycles. The Morgan fingerprint density at radius 1 is 1.26 bits per heavy atom. The van der Waals surface area contributed by atoms with E-state index in [1.165, 1.54) is 42.0 Å². The Bertz CT molecular complexity index is 1460. The van der Waals surface area contributed by atoms with Crippen molar-refractivity contribution in [3.63, 3.8) is 0 Å². The number of aromatic amines is 1. The molecule has 5 N–H and O–H groups in total. The van der Waals surface area contributed by atoms with Gasteiger partial charge in [-0.1, -0.05) is 12.5 Å². The molecule has 0 atom stereocenters. The Morgan fingerprint density at radius 2 is 1.90 bits per heavy atom. The highest BCUT2D eigenvalue weighted by atomic mass is 32.2. The van der Waals surface area contributed by atoms with E-state index in [4.69, 9.17) is 10.7 Å². The predicted octanol–water partition coefficient (Wildman–Crippen LogP) is 5.69. The maximum Gasteiger partial charge on any atom is 0.269 e. The predicted molar refractivity (Wildman–Crippen MR) is 169 cm³/mol. The molecule has 0 unspecified atom stereocenters. The van der Waals surface area contributed by atoms with Crippen molar-refractivity contribution in [3.8, 4) is 0 Å². The Balaban J connectivity index is 2.32. The minimum Gasteiger partial charge on any atom is -0.404 e. The molecule has 1 amide bonds. The molecule has 1 saturated carbocycles. The van der Waals surface area contributed by atoms with Crippen LogP contribution in [-0.2, 0) is 4.79 Å². The van der Waals surface area contributed by atoms with E-state index in [1.807, 2.05) is 26.8 Å². The molecule has 226 valence electrons. The zero-order valence-electron chi connectivity index (χ0n) is 25.4. The minimum absolute atomic E-state index is 0.0953. The number of carbonyl (C=O) groups is 1. The Morgan fingerprint density at radius 3 is 2.36 bits per heavy atom. The maximum absolute atomic E-state index is 15.1. The minimum atomic E-state index is -0.689. The lowest BCUT2D eigenvalue weighted by atomic mass is 9.86. The molecule has 1 heterocycles. The van der Waals surface area contributed by atoms with Crippen LogP contribution in [0.1, 0.15) is 45.7 Å². The van der Waals surface area contributed by atoms with Crippen LogP contribution in [0.3, 0.4) is 0 Å². The average Bonchev–Trinajstić information content (AvgIpc) is 3.72. The summed E-state index contributed by atoms with van der Waals surface area (Å²) >= 11 is 1.26. The van der Waals surface area contributed by atoms with E-state index in [0.29, 0.717) is 34.4 Å². The van der Waals surface area contributed by atoms with Crippen molar-refractivity contribution in [2.24, 2.45) is 21.6 Å². The second kappa shape index (κ2) is 14.3. The number of halogens is 2. The number of anilines is 2. The first-order valence-electron chi connectivity index (χ1n) is 13.7. The van der Waals surface area contributed by atoms with Gasteiger partial charge in [0.2, 0.25) is 0 Å². The number of carbonyl (C=O) groups excluding carboxylic acids is 1. The van der Waals surface area contributed by atoms with Gasteiger partial charge in [0.25, 0.3) is 5.91 Å². The molecule has 2 aromatic rings. The number of allylic oxidation sites excluding steroid dienone is 3. The summed E-state index contributed by atoms with van der Waals surface area (Å²) in [5.41, 5.74) is 10.0. The van der Waals surface area contributed by atoms with Crippen LogP contribution in [0.5, 0.6) is 0 Å². The second-order valence-electron chi connectivity index (χ2n) is 10.00. The molecule has 1 fully saturated rings. The molecule has 1 aliphatic rings. The maximum atomic E-state index is 15.1. The van der Waals surface area contributed by atoms with Crippen LogP contribution in [0.2, 0.25) is 0 Å². The summed E-state index contributed by atoms with van der Waals surface area (Å²) in [6.07, 6.45) is 5.60. The normalized spacial score (nSPS) is 15.7. The molecular weight excluding hydrogens is 558 g/mol. The first-order valence-corrected chi connectivity index (χ1v) is 14.9. The summed E-state index contributed by atoms with van der Waals surface area (Å²) in [5.74, 6) is -0.371. The third-order valence-electron chi connectivity index (χ3n) is 7.10. The molecule has 0 aliphatic heterocycles. The number of aromatic nitrogens is 2. The third-order valence-corrected chi connectivity index (χ3v) is 7.80. The molecule has 0 radical (unpaired) electrons. The average molecular weight is 599 g/mol. The summed E-state index contributed by atoms with van der Waals surface area (Å²) in [4.78, 5) is 23.9.